The molecule has 0 amide bonds. The third-order valence-electron chi connectivity index (χ3n) is 4.29. The quantitative estimate of drug-likeness (QED) is 0.831. The number of aryl methyl sites for hydroxylation is 2. The number of nitrogens with zero attached hydrogens (tertiary/aromatic N) is 1. The maximum Gasteiger partial charge on any atom is 0.303 e. The van der Waals surface area contributed by atoms with Crippen molar-refractivity contribution in [2.24, 2.45) is 0 Å². The highest BCUT2D eigenvalue weighted by Gasteiger charge is 2.37. The summed E-state index contributed by atoms with van der Waals surface area (Å²) in [6, 6.07) is 11.1. The van der Waals surface area contributed by atoms with Gasteiger partial charge in [-0.15, -0.1) is 0 Å². The predicted octanol–water partition coefficient (Wildman–Crippen LogP) is 2.91. The third-order valence-corrected chi connectivity index (χ3v) is 4.29. The minimum absolute atomic E-state index is 0.195. The summed E-state index contributed by atoms with van der Waals surface area (Å²) >= 11 is 0. The molecule has 0 aliphatic carbocycles. The van der Waals surface area contributed by atoms with Crippen LogP contribution in [0.3, 0.4) is 0 Å². The molecule has 1 aliphatic heterocycles. The Morgan fingerprint density at radius 3 is 2.36 bits per heavy atom. The van der Waals surface area contributed by atoms with Crippen molar-refractivity contribution in [3.8, 4) is 11.5 Å². The Bertz CT molecular complexity index is 784. The zero-order chi connectivity index (χ0) is 18.1. The average Bonchev–Trinajstić information content (AvgIpc) is 2.80. The second-order valence-corrected chi connectivity index (χ2v) is 6.14. The minimum Gasteiger partial charge on any atom is -0.457 e. The molecule has 2 unspecified atom stereocenters. The molecule has 2 N–H and O–H groups in total. The van der Waals surface area contributed by atoms with E-state index in [1.807, 2.05) is 32.0 Å². The lowest BCUT2D eigenvalue weighted by atomic mass is 10.1. The van der Waals surface area contributed by atoms with Gasteiger partial charge in [-0.05, 0) is 37.1 Å². The van der Waals surface area contributed by atoms with E-state index >= 15 is 0 Å². The van der Waals surface area contributed by atoms with Crippen LogP contribution in [0.25, 0.3) is 0 Å². The lowest BCUT2D eigenvalue weighted by Crippen LogP contribution is -2.29. The highest BCUT2D eigenvalue weighted by atomic mass is 16.5. The maximum absolute atomic E-state index is 11.0. The average molecular weight is 343 g/mol. The van der Waals surface area contributed by atoms with Crippen LogP contribution in [0.2, 0.25) is 0 Å². The Labute approximate surface area is 146 Å². The van der Waals surface area contributed by atoms with Gasteiger partial charge in [-0.25, -0.2) is 4.90 Å². The number of aliphatic hydroxyl groups excluding tert-OH is 2. The van der Waals surface area contributed by atoms with E-state index in [-0.39, 0.29) is 6.73 Å². The second kappa shape index (κ2) is 6.84. The van der Waals surface area contributed by atoms with Gasteiger partial charge < -0.3 is 19.7 Å². The van der Waals surface area contributed by atoms with Crippen LogP contribution in [0.1, 0.15) is 41.6 Å². The molecule has 6 heteroatoms. The van der Waals surface area contributed by atoms with Crippen LogP contribution in [0, 0.1) is 13.8 Å². The number of benzene rings is 2. The monoisotopic (exact) mass is 343 g/mol. The minimum atomic E-state index is -1.08. The van der Waals surface area contributed by atoms with Crippen molar-refractivity contribution in [3.05, 3.63) is 58.7 Å². The Morgan fingerprint density at radius 1 is 1.08 bits per heavy atom. The summed E-state index contributed by atoms with van der Waals surface area (Å²) in [7, 11) is 0. The number of esters is 1. The standard InChI is InChI=1S/C19H21NO5/c1-11-5-4-6-12(2)17(11)25-14-7-8-15-16(9-14)19(23)20(18(15)22)10-24-13(3)21/h4-9,18-19,22-23H,10H2,1-3H3. The van der Waals surface area contributed by atoms with Crippen LogP contribution in [0.4, 0.5) is 0 Å². The maximum atomic E-state index is 11.0. The normalized spacial score (nSPS) is 19.6. The molecule has 0 aromatic heterocycles. The molecule has 1 aliphatic rings. The number of aliphatic hydroxyl groups is 2. The number of ether oxygens (including phenoxy) is 2. The van der Waals surface area contributed by atoms with Crippen molar-refractivity contribution in [2.45, 2.75) is 33.2 Å². The molecule has 0 fully saturated rings. The fourth-order valence-electron chi connectivity index (χ4n) is 2.95. The summed E-state index contributed by atoms with van der Waals surface area (Å²) in [5.74, 6) is 0.860. The van der Waals surface area contributed by atoms with Crippen molar-refractivity contribution in [2.75, 3.05) is 6.73 Å². The SMILES string of the molecule is CC(=O)OCN1C(O)c2ccc(Oc3c(C)cccc3C)cc2C1O. The summed E-state index contributed by atoms with van der Waals surface area (Å²) in [4.78, 5) is 12.3. The van der Waals surface area contributed by atoms with Crippen LogP contribution in [0.15, 0.2) is 36.4 Å². The number of fused-ring (bicyclic) bond motifs is 1. The van der Waals surface area contributed by atoms with Gasteiger partial charge in [0, 0.05) is 18.1 Å². The van der Waals surface area contributed by atoms with Gasteiger partial charge >= 0.3 is 5.97 Å². The van der Waals surface area contributed by atoms with Gasteiger partial charge in [0.05, 0.1) is 0 Å². The van der Waals surface area contributed by atoms with Crippen molar-refractivity contribution >= 4 is 5.97 Å². The summed E-state index contributed by atoms with van der Waals surface area (Å²) < 4.78 is 10.9. The molecule has 0 saturated heterocycles. The highest BCUT2D eigenvalue weighted by molar-refractivity contribution is 5.65. The lowest BCUT2D eigenvalue weighted by molar-refractivity contribution is -0.165. The summed E-state index contributed by atoms with van der Waals surface area (Å²) in [6.07, 6.45) is -2.12. The van der Waals surface area contributed by atoms with Gasteiger partial charge in [0.25, 0.3) is 0 Å². The molecule has 1 heterocycles. The Hall–Kier alpha value is -2.41. The molecular formula is C19H21NO5. The predicted molar refractivity (Wildman–Crippen MR) is 90.8 cm³/mol. The van der Waals surface area contributed by atoms with Crippen molar-refractivity contribution < 1.29 is 24.5 Å². The van der Waals surface area contributed by atoms with Crippen LogP contribution >= 0.6 is 0 Å². The van der Waals surface area contributed by atoms with Crippen LogP contribution in [-0.2, 0) is 9.53 Å². The molecular weight excluding hydrogens is 322 g/mol. The zero-order valence-corrected chi connectivity index (χ0v) is 14.4. The van der Waals surface area contributed by atoms with Gasteiger partial charge in [0.15, 0.2) is 0 Å². The molecule has 2 atom stereocenters. The molecule has 2 aromatic carbocycles. The number of para-hydroxylation sites is 1. The fraction of sp³-hybridized carbons (Fsp3) is 0.316. The molecule has 2 aromatic rings. The molecule has 25 heavy (non-hydrogen) atoms. The van der Waals surface area contributed by atoms with E-state index in [9.17, 15) is 15.0 Å². The van der Waals surface area contributed by atoms with Gasteiger partial charge in [-0.1, -0.05) is 24.3 Å². The number of carbonyl (C=O) groups excluding carboxylic acids is 1. The number of hydrogen-bond acceptors (Lipinski definition) is 6. The summed E-state index contributed by atoms with van der Waals surface area (Å²) in [5, 5.41) is 20.8. The highest BCUT2D eigenvalue weighted by Crippen LogP contribution is 2.41. The zero-order valence-electron chi connectivity index (χ0n) is 14.4. The van der Waals surface area contributed by atoms with E-state index in [4.69, 9.17) is 9.47 Å². The number of hydrogen-bond donors (Lipinski definition) is 2. The largest absolute Gasteiger partial charge is 0.457 e. The van der Waals surface area contributed by atoms with Gasteiger partial charge in [-0.3, -0.25) is 4.79 Å². The lowest BCUT2D eigenvalue weighted by Gasteiger charge is -2.22. The summed E-state index contributed by atoms with van der Waals surface area (Å²) in [5.41, 5.74) is 3.12. The Kier molecular flexibility index (Phi) is 4.76. The van der Waals surface area contributed by atoms with E-state index in [0.29, 0.717) is 16.9 Å². The Morgan fingerprint density at radius 2 is 1.72 bits per heavy atom. The molecule has 0 radical (unpaired) electrons. The molecule has 0 bridgehead atoms. The smallest absolute Gasteiger partial charge is 0.303 e. The first-order chi connectivity index (χ1) is 11.9. The van der Waals surface area contributed by atoms with Gasteiger partial charge in [0.1, 0.15) is 30.7 Å². The first kappa shape index (κ1) is 17.4. The van der Waals surface area contributed by atoms with Crippen LogP contribution in [-0.4, -0.2) is 27.8 Å². The van der Waals surface area contributed by atoms with Crippen molar-refractivity contribution in [3.63, 3.8) is 0 Å². The van der Waals surface area contributed by atoms with E-state index in [2.05, 4.69) is 0 Å². The van der Waals surface area contributed by atoms with Crippen molar-refractivity contribution in [1.82, 2.24) is 4.90 Å². The molecule has 3 rings (SSSR count). The topological polar surface area (TPSA) is 79.2 Å². The third kappa shape index (κ3) is 3.37. The summed E-state index contributed by atoms with van der Waals surface area (Å²) in [6.45, 7) is 5.02. The second-order valence-electron chi connectivity index (χ2n) is 6.14. The van der Waals surface area contributed by atoms with E-state index in [1.54, 1.807) is 18.2 Å². The first-order valence-corrected chi connectivity index (χ1v) is 8.01. The van der Waals surface area contributed by atoms with E-state index in [0.717, 1.165) is 16.9 Å². The number of rotatable bonds is 4. The van der Waals surface area contributed by atoms with Gasteiger partial charge in [0.2, 0.25) is 0 Å². The van der Waals surface area contributed by atoms with Gasteiger partial charge in [-0.2, -0.15) is 0 Å². The molecule has 0 spiro atoms. The van der Waals surface area contributed by atoms with Crippen LogP contribution < -0.4 is 4.74 Å². The van der Waals surface area contributed by atoms with Crippen molar-refractivity contribution in [1.29, 1.82) is 0 Å². The molecule has 132 valence electrons. The van der Waals surface area contributed by atoms with E-state index in [1.165, 1.54) is 11.8 Å². The number of carbonyl (C=O) groups is 1. The Balaban J connectivity index is 1.85. The van der Waals surface area contributed by atoms with Crippen LogP contribution in [0.5, 0.6) is 11.5 Å². The molecule has 6 nitrogen and oxygen atoms in total. The van der Waals surface area contributed by atoms with E-state index < -0.39 is 18.4 Å². The fourth-order valence-corrected chi connectivity index (χ4v) is 2.95. The first-order valence-electron chi connectivity index (χ1n) is 8.01. The molecule has 0 saturated carbocycles.